The third-order valence-electron chi connectivity index (χ3n) is 8.51. The van der Waals surface area contributed by atoms with Gasteiger partial charge in [0.15, 0.2) is 0 Å². The molecule has 0 unspecified atom stereocenters. The molecule has 1 aliphatic carbocycles. The number of anilines is 2. The largest absolute Gasteiger partial charge is 0.733 e. The zero-order valence-corrected chi connectivity index (χ0v) is 15.5. The topological polar surface area (TPSA) is 79.3 Å². The molecule has 1 aromatic carbocycles. The predicted molar refractivity (Wildman–Crippen MR) is 101 cm³/mol. The van der Waals surface area contributed by atoms with Crippen molar-refractivity contribution < 1.29 is 14.7 Å². The van der Waals surface area contributed by atoms with Crippen LogP contribution in [0.25, 0.3) is 0 Å². The number of hydrogen-bond acceptors (Lipinski definition) is 6. The Balaban J connectivity index is 1.51. The summed E-state index contributed by atoms with van der Waals surface area (Å²) in [6.45, 7) is 2.60. The molecule has 28 heavy (non-hydrogen) atoms. The number of piperidine rings is 2. The van der Waals surface area contributed by atoms with Crippen LogP contribution in [0.1, 0.15) is 24.8 Å². The first-order chi connectivity index (χ1) is 13.6. The maximum atomic E-state index is 13.3. The zero-order valence-electron chi connectivity index (χ0n) is 15.5. The molecule has 1 N–H and O–H groups in total. The van der Waals surface area contributed by atoms with Crippen molar-refractivity contribution in [3.8, 4) is 0 Å². The molecule has 3 saturated heterocycles. The van der Waals surface area contributed by atoms with Crippen molar-refractivity contribution in [2.75, 3.05) is 29.8 Å². The van der Waals surface area contributed by atoms with Crippen LogP contribution >= 0.6 is 0 Å². The van der Waals surface area contributed by atoms with E-state index in [2.05, 4.69) is 11.0 Å². The summed E-state index contributed by atoms with van der Waals surface area (Å²) in [5.74, 6) is 0.904. The van der Waals surface area contributed by atoms with Gasteiger partial charge < -0.3 is 20.1 Å². The quantitative estimate of drug-likeness (QED) is 0.591. The number of amides is 1. The fourth-order valence-electron chi connectivity index (χ4n) is 7.66. The molecule has 4 fully saturated rings. The number of ether oxygens (including phenoxy) is 1. The fourth-order valence-corrected chi connectivity index (χ4v) is 7.66. The van der Waals surface area contributed by atoms with E-state index in [4.69, 9.17) is 4.74 Å². The first kappa shape index (κ1) is 15.9. The van der Waals surface area contributed by atoms with Crippen LogP contribution in [-0.4, -0.2) is 53.9 Å². The predicted octanol–water partition coefficient (Wildman–Crippen LogP) is 1.79. The van der Waals surface area contributed by atoms with Crippen molar-refractivity contribution in [2.45, 2.75) is 42.9 Å². The molecule has 1 saturated carbocycles. The molecule has 146 valence electrons. The highest BCUT2D eigenvalue weighted by Crippen LogP contribution is 2.65. The average molecular weight is 380 g/mol. The van der Waals surface area contributed by atoms with Crippen LogP contribution in [0.4, 0.5) is 11.4 Å². The van der Waals surface area contributed by atoms with E-state index in [0.29, 0.717) is 30.9 Å². The van der Waals surface area contributed by atoms with Gasteiger partial charge in [-0.3, -0.25) is 14.9 Å². The molecule has 5 aliphatic heterocycles. The van der Waals surface area contributed by atoms with Gasteiger partial charge in [0.25, 0.3) is 0 Å². The summed E-state index contributed by atoms with van der Waals surface area (Å²) in [5, 5.41) is 21.1. The Morgan fingerprint density at radius 3 is 3.11 bits per heavy atom. The Hall–Kier alpha value is -1.93. The molecule has 1 amide bonds. The molecule has 6 aliphatic rings. The maximum absolute atomic E-state index is 13.3. The molecule has 0 radical (unpaired) electrons. The Morgan fingerprint density at radius 1 is 1.36 bits per heavy atom. The van der Waals surface area contributed by atoms with Crippen molar-refractivity contribution in [3.05, 3.63) is 40.6 Å². The minimum Gasteiger partial charge on any atom is -0.733 e. The van der Waals surface area contributed by atoms with Gasteiger partial charge in [-0.2, -0.15) is 0 Å². The van der Waals surface area contributed by atoms with Crippen LogP contribution in [-0.2, 0) is 14.9 Å². The highest BCUT2D eigenvalue weighted by atomic mass is 16.8. The molecule has 5 heterocycles. The summed E-state index contributed by atoms with van der Waals surface area (Å²) >= 11 is 0. The molecule has 6 atom stereocenters. The van der Waals surface area contributed by atoms with Crippen LogP contribution < -0.4 is 10.1 Å². The SMILES string of the molecule is O=C1C[C@@H]2OCC=C3CN4CC[C@]56c7cc(N([O-])O)ccc7N1[C@@H]5[C@H]2[C@H]3C[C@@H]46. The van der Waals surface area contributed by atoms with Crippen molar-refractivity contribution in [1.82, 2.24) is 4.90 Å². The molecule has 7 heteroatoms. The van der Waals surface area contributed by atoms with Crippen molar-refractivity contribution in [2.24, 2.45) is 11.8 Å². The van der Waals surface area contributed by atoms with Gasteiger partial charge in [-0.15, -0.1) is 0 Å². The molecule has 2 bridgehead atoms. The zero-order chi connectivity index (χ0) is 18.8. The van der Waals surface area contributed by atoms with Crippen molar-refractivity contribution in [1.29, 1.82) is 0 Å². The fraction of sp³-hybridized carbons (Fsp3) is 0.571. The summed E-state index contributed by atoms with van der Waals surface area (Å²) in [6, 6.07) is 5.76. The Bertz CT molecular complexity index is 946. The minimum absolute atomic E-state index is 0.0277. The first-order valence-corrected chi connectivity index (χ1v) is 10.3. The molecular formula is C21H22N3O4-. The first-order valence-electron chi connectivity index (χ1n) is 10.3. The number of carbonyl (C=O) groups excluding carboxylic acids is 1. The van der Waals surface area contributed by atoms with E-state index in [0.717, 1.165) is 37.2 Å². The summed E-state index contributed by atoms with van der Waals surface area (Å²) in [5.41, 5.74) is 3.57. The second-order valence-corrected chi connectivity index (χ2v) is 9.23. The number of rotatable bonds is 1. The standard InChI is InChI=1S/C21H22N3O4/c25-18-9-16-19-13-8-17-21(4-5-22(17)10-11(13)3-6-28-16)14-7-12(24(26)27)1-2-15(14)23(18)20(19)21/h1-3,7,13,16-17,19-20,26H,4-6,8-10H2/q-1/t13-,16-,17+,19-,20+,21+/m0/s1. The second-order valence-electron chi connectivity index (χ2n) is 9.23. The van der Waals surface area contributed by atoms with Crippen LogP contribution in [0.3, 0.4) is 0 Å². The number of carbonyl (C=O) groups is 1. The van der Waals surface area contributed by atoms with E-state index in [1.807, 2.05) is 17.0 Å². The average Bonchev–Trinajstić information content (AvgIpc) is 3.15. The summed E-state index contributed by atoms with van der Waals surface area (Å²) in [7, 11) is 0. The number of hydrogen-bond donors (Lipinski definition) is 1. The van der Waals surface area contributed by atoms with E-state index in [9.17, 15) is 15.2 Å². The highest BCUT2D eigenvalue weighted by Gasteiger charge is 2.71. The third kappa shape index (κ3) is 1.61. The van der Waals surface area contributed by atoms with Gasteiger partial charge in [-0.05, 0) is 49.1 Å². The number of nitrogens with zero attached hydrogens (tertiary/aromatic N) is 3. The third-order valence-corrected chi connectivity index (χ3v) is 8.51. The second kappa shape index (κ2) is 4.97. The number of fused-ring (bicyclic) bond motifs is 2. The van der Waals surface area contributed by atoms with E-state index in [-0.39, 0.29) is 34.4 Å². The van der Waals surface area contributed by atoms with Gasteiger partial charge in [0.2, 0.25) is 5.91 Å². The van der Waals surface area contributed by atoms with Gasteiger partial charge in [-0.1, -0.05) is 11.6 Å². The van der Waals surface area contributed by atoms with Crippen LogP contribution in [0, 0.1) is 17.0 Å². The van der Waals surface area contributed by atoms with Crippen molar-refractivity contribution >= 4 is 17.3 Å². The lowest BCUT2D eigenvalue weighted by Gasteiger charge is -2.58. The van der Waals surface area contributed by atoms with E-state index < -0.39 is 0 Å². The summed E-state index contributed by atoms with van der Waals surface area (Å²) in [6.07, 6.45) is 4.74. The molecule has 1 aromatic rings. The van der Waals surface area contributed by atoms with Gasteiger partial charge in [0, 0.05) is 29.6 Å². The van der Waals surface area contributed by atoms with Crippen LogP contribution in [0.2, 0.25) is 0 Å². The molecular weight excluding hydrogens is 358 g/mol. The highest BCUT2D eigenvalue weighted by molar-refractivity contribution is 5.99. The summed E-state index contributed by atoms with van der Waals surface area (Å²) in [4.78, 5) is 17.9. The summed E-state index contributed by atoms with van der Waals surface area (Å²) < 4.78 is 6.21. The Morgan fingerprint density at radius 2 is 2.25 bits per heavy atom. The van der Waals surface area contributed by atoms with Crippen LogP contribution in [0.15, 0.2) is 29.8 Å². The molecule has 0 aromatic heterocycles. The number of benzene rings is 1. The van der Waals surface area contributed by atoms with E-state index in [1.54, 1.807) is 6.07 Å². The van der Waals surface area contributed by atoms with E-state index >= 15 is 0 Å². The van der Waals surface area contributed by atoms with Gasteiger partial charge in [-0.25, -0.2) is 0 Å². The van der Waals surface area contributed by atoms with Crippen molar-refractivity contribution in [3.63, 3.8) is 0 Å². The Labute approximate surface area is 162 Å². The maximum Gasteiger partial charge on any atom is 0.229 e. The molecule has 1 spiro atoms. The minimum atomic E-state index is -0.171. The van der Waals surface area contributed by atoms with E-state index in [1.165, 1.54) is 5.57 Å². The van der Waals surface area contributed by atoms with Gasteiger partial charge in [0.05, 0.1) is 30.9 Å². The van der Waals surface area contributed by atoms with Gasteiger partial charge in [0.1, 0.15) is 0 Å². The normalized spacial score (nSPS) is 42.2. The lowest BCUT2D eigenvalue weighted by Crippen LogP contribution is -2.69. The lowest BCUT2D eigenvalue weighted by molar-refractivity contribution is -0.132. The monoisotopic (exact) mass is 380 g/mol. The lowest BCUT2D eigenvalue weighted by atomic mass is 9.53. The van der Waals surface area contributed by atoms with Crippen LogP contribution in [0.5, 0.6) is 0 Å². The Kier molecular flexibility index (Phi) is 2.83. The van der Waals surface area contributed by atoms with Gasteiger partial charge >= 0.3 is 0 Å². The molecule has 7 nitrogen and oxygen atoms in total. The smallest absolute Gasteiger partial charge is 0.229 e. The molecule has 7 rings (SSSR count).